The summed E-state index contributed by atoms with van der Waals surface area (Å²) in [6.07, 6.45) is 8.94. The highest BCUT2D eigenvalue weighted by Crippen LogP contribution is 2.38. The molecule has 0 saturated heterocycles. The minimum atomic E-state index is -0.00831. The van der Waals surface area contributed by atoms with Crippen molar-refractivity contribution in [3.63, 3.8) is 0 Å². The second-order valence-corrected chi connectivity index (χ2v) is 6.96. The van der Waals surface area contributed by atoms with E-state index in [-0.39, 0.29) is 5.54 Å². The van der Waals surface area contributed by atoms with E-state index in [1.807, 2.05) is 11.6 Å². The van der Waals surface area contributed by atoms with Crippen LogP contribution in [0.1, 0.15) is 51.0 Å². The second-order valence-electron chi connectivity index (χ2n) is 5.98. The van der Waals surface area contributed by atoms with Gasteiger partial charge in [-0.1, -0.05) is 20.3 Å². The van der Waals surface area contributed by atoms with E-state index >= 15 is 0 Å². The topological polar surface area (TPSA) is 38.9 Å². The molecule has 1 unspecified atom stereocenters. The van der Waals surface area contributed by atoms with E-state index in [0.29, 0.717) is 5.41 Å². The van der Waals surface area contributed by atoms with Crippen LogP contribution in [0.5, 0.6) is 0 Å². The van der Waals surface area contributed by atoms with Crippen molar-refractivity contribution in [2.24, 2.45) is 11.1 Å². The number of thiazole rings is 1. The van der Waals surface area contributed by atoms with E-state index < -0.39 is 0 Å². The maximum absolute atomic E-state index is 6.54. The van der Waals surface area contributed by atoms with Crippen LogP contribution in [0.2, 0.25) is 0 Å². The van der Waals surface area contributed by atoms with Gasteiger partial charge in [-0.15, -0.1) is 11.3 Å². The van der Waals surface area contributed by atoms with Crippen LogP contribution in [-0.4, -0.2) is 10.5 Å². The Balaban J connectivity index is 2.02. The van der Waals surface area contributed by atoms with Crippen molar-refractivity contribution in [2.75, 3.05) is 0 Å². The highest BCUT2D eigenvalue weighted by atomic mass is 32.1. The molecule has 1 fully saturated rings. The maximum atomic E-state index is 6.54. The summed E-state index contributed by atoms with van der Waals surface area (Å²) in [4.78, 5) is 4.36. The summed E-state index contributed by atoms with van der Waals surface area (Å²) in [6.45, 7) is 4.73. The van der Waals surface area contributed by atoms with E-state index in [2.05, 4.69) is 18.8 Å². The monoisotopic (exact) mass is 238 g/mol. The smallest absolute Gasteiger partial charge is 0.0943 e. The van der Waals surface area contributed by atoms with Gasteiger partial charge in [-0.05, 0) is 31.1 Å². The van der Waals surface area contributed by atoms with Gasteiger partial charge in [-0.3, -0.25) is 0 Å². The summed E-state index contributed by atoms with van der Waals surface area (Å²) in [5, 5.41) is 3.24. The highest BCUT2D eigenvalue weighted by molar-refractivity contribution is 7.09. The zero-order chi connectivity index (χ0) is 11.6. The van der Waals surface area contributed by atoms with Crippen molar-refractivity contribution in [3.8, 4) is 0 Å². The first-order chi connectivity index (χ1) is 7.49. The minimum Gasteiger partial charge on any atom is -0.325 e. The summed E-state index contributed by atoms with van der Waals surface area (Å²) >= 11 is 1.73. The molecular formula is C13H22N2S. The fourth-order valence-electron chi connectivity index (χ4n) is 2.57. The molecule has 0 amide bonds. The molecular weight excluding hydrogens is 216 g/mol. The van der Waals surface area contributed by atoms with Gasteiger partial charge in [0.05, 0.1) is 5.01 Å². The highest BCUT2D eigenvalue weighted by Gasteiger charge is 2.33. The Kier molecular flexibility index (Phi) is 3.36. The van der Waals surface area contributed by atoms with E-state index in [1.54, 1.807) is 11.3 Å². The van der Waals surface area contributed by atoms with Crippen LogP contribution in [0.4, 0.5) is 0 Å². The predicted octanol–water partition coefficient (Wildman–Crippen LogP) is 3.37. The largest absolute Gasteiger partial charge is 0.325 e. The molecule has 90 valence electrons. The SMILES string of the molecule is CC1(C)CCCC(N)(Cc2nccs2)CC1. The molecule has 16 heavy (non-hydrogen) atoms. The molecule has 1 heterocycles. The van der Waals surface area contributed by atoms with Gasteiger partial charge in [0.1, 0.15) is 0 Å². The molecule has 2 N–H and O–H groups in total. The summed E-state index contributed by atoms with van der Waals surface area (Å²) in [5.41, 5.74) is 7.01. The van der Waals surface area contributed by atoms with Crippen LogP contribution in [0.3, 0.4) is 0 Å². The molecule has 2 nitrogen and oxygen atoms in total. The molecule has 1 aromatic rings. The van der Waals surface area contributed by atoms with Crippen LogP contribution in [0.25, 0.3) is 0 Å². The Morgan fingerprint density at radius 1 is 1.31 bits per heavy atom. The third-order valence-electron chi connectivity index (χ3n) is 3.81. The Morgan fingerprint density at radius 3 is 2.81 bits per heavy atom. The van der Waals surface area contributed by atoms with Gasteiger partial charge in [0.15, 0.2) is 0 Å². The fraction of sp³-hybridized carbons (Fsp3) is 0.769. The Bertz CT molecular complexity index is 332. The zero-order valence-corrected chi connectivity index (χ0v) is 11.1. The van der Waals surface area contributed by atoms with Gasteiger partial charge >= 0.3 is 0 Å². The molecule has 1 aromatic heterocycles. The molecule has 0 bridgehead atoms. The molecule has 1 aliphatic rings. The summed E-state index contributed by atoms with van der Waals surface area (Å²) in [5.74, 6) is 0. The number of aromatic nitrogens is 1. The lowest BCUT2D eigenvalue weighted by Gasteiger charge is -2.28. The van der Waals surface area contributed by atoms with E-state index in [4.69, 9.17) is 5.73 Å². The predicted molar refractivity (Wildman–Crippen MR) is 69.6 cm³/mol. The Morgan fingerprint density at radius 2 is 2.12 bits per heavy atom. The first kappa shape index (κ1) is 12.1. The number of hydrogen-bond donors (Lipinski definition) is 1. The first-order valence-electron chi connectivity index (χ1n) is 6.16. The van der Waals surface area contributed by atoms with E-state index in [9.17, 15) is 0 Å². The third kappa shape index (κ3) is 3.05. The number of nitrogens with two attached hydrogens (primary N) is 1. The lowest BCUT2D eigenvalue weighted by Crippen LogP contribution is -2.41. The van der Waals surface area contributed by atoms with Crippen LogP contribution < -0.4 is 5.73 Å². The van der Waals surface area contributed by atoms with Gasteiger partial charge < -0.3 is 5.73 Å². The molecule has 1 saturated carbocycles. The van der Waals surface area contributed by atoms with Crippen molar-refractivity contribution in [2.45, 2.75) is 57.9 Å². The molecule has 0 aromatic carbocycles. The van der Waals surface area contributed by atoms with Gasteiger partial charge in [-0.25, -0.2) is 4.98 Å². The van der Waals surface area contributed by atoms with Gasteiger partial charge in [0.2, 0.25) is 0 Å². The average molecular weight is 238 g/mol. The molecule has 1 atom stereocenters. The molecule has 0 aliphatic heterocycles. The lowest BCUT2D eigenvalue weighted by molar-refractivity contribution is 0.297. The Hall–Kier alpha value is -0.410. The van der Waals surface area contributed by atoms with Crippen molar-refractivity contribution >= 4 is 11.3 Å². The fourth-order valence-corrected chi connectivity index (χ4v) is 3.35. The van der Waals surface area contributed by atoms with Gasteiger partial charge in [0, 0.05) is 23.5 Å². The Labute approximate surface area is 102 Å². The van der Waals surface area contributed by atoms with Crippen molar-refractivity contribution in [1.29, 1.82) is 0 Å². The van der Waals surface area contributed by atoms with Crippen molar-refractivity contribution < 1.29 is 0 Å². The normalized spacial score (nSPS) is 29.9. The van der Waals surface area contributed by atoms with Crippen LogP contribution >= 0.6 is 11.3 Å². The van der Waals surface area contributed by atoms with Gasteiger partial charge in [0.25, 0.3) is 0 Å². The summed E-state index contributed by atoms with van der Waals surface area (Å²) in [7, 11) is 0. The zero-order valence-electron chi connectivity index (χ0n) is 10.3. The summed E-state index contributed by atoms with van der Waals surface area (Å²) < 4.78 is 0. The first-order valence-corrected chi connectivity index (χ1v) is 7.04. The van der Waals surface area contributed by atoms with Crippen molar-refractivity contribution in [1.82, 2.24) is 4.98 Å². The third-order valence-corrected chi connectivity index (χ3v) is 4.59. The van der Waals surface area contributed by atoms with E-state index in [0.717, 1.165) is 19.3 Å². The number of hydrogen-bond acceptors (Lipinski definition) is 3. The van der Waals surface area contributed by atoms with E-state index in [1.165, 1.54) is 24.3 Å². The van der Waals surface area contributed by atoms with Crippen molar-refractivity contribution in [3.05, 3.63) is 16.6 Å². The van der Waals surface area contributed by atoms with Crippen LogP contribution in [0.15, 0.2) is 11.6 Å². The van der Waals surface area contributed by atoms with Crippen LogP contribution in [-0.2, 0) is 6.42 Å². The molecule has 2 rings (SSSR count). The maximum Gasteiger partial charge on any atom is 0.0943 e. The second kappa shape index (κ2) is 4.46. The quantitative estimate of drug-likeness (QED) is 0.802. The lowest BCUT2D eigenvalue weighted by atomic mass is 9.83. The number of rotatable bonds is 2. The standard InChI is InChI=1S/C13H22N2S/c1-12(2)4-3-5-13(14,7-6-12)10-11-15-8-9-16-11/h8-9H,3-7,10,14H2,1-2H3. The van der Waals surface area contributed by atoms with Crippen LogP contribution in [0, 0.1) is 5.41 Å². The molecule has 3 heteroatoms. The summed E-state index contributed by atoms with van der Waals surface area (Å²) in [6, 6.07) is 0. The minimum absolute atomic E-state index is 0.00831. The average Bonchev–Trinajstić information content (AvgIpc) is 2.63. The number of nitrogens with zero attached hydrogens (tertiary/aromatic N) is 1. The molecule has 0 spiro atoms. The molecule has 0 radical (unpaired) electrons. The van der Waals surface area contributed by atoms with Gasteiger partial charge in [-0.2, -0.15) is 0 Å². The molecule has 1 aliphatic carbocycles.